The fourth-order valence-electron chi connectivity index (χ4n) is 0.914. The summed E-state index contributed by atoms with van der Waals surface area (Å²) in [6.45, 7) is 1.33. The van der Waals surface area contributed by atoms with Crippen LogP contribution in [0.3, 0.4) is 0 Å². The van der Waals surface area contributed by atoms with E-state index in [2.05, 4.69) is 10.3 Å². The Bertz CT molecular complexity index is 391. The number of carbonyl (C=O) groups excluding carboxylic acids is 1. The maximum absolute atomic E-state index is 11.4. The lowest BCUT2D eigenvalue weighted by Crippen LogP contribution is -2.38. The van der Waals surface area contributed by atoms with Crippen LogP contribution in [0.25, 0.3) is 0 Å². The molecule has 1 aromatic rings. The maximum Gasteiger partial charge on any atom is 0.325 e. The molecule has 0 radical (unpaired) electrons. The van der Waals surface area contributed by atoms with Gasteiger partial charge < -0.3 is 15.5 Å². The number of aromatic hydroxyl groups is 1. The zero-order valence-electron chi connectivity index (χ0n) is 7.97. The Morgan fingerprint density at radius 1 is 1.53 bits per heavy atom. The van der Waals surface area contributed by atoms with Gasteiger partial charge in [0.25, 0.3) is 5.91 Å². The Morgan fingerprint density at radius 3 is 2.73 bits per heavy atom. The van der Waals surface area contributed by atoms with Crippen molar-refractivity contribution < 1.29 is 19.8 Å². The fourth-order valence-corrected chi connectivity index (χ4v) is 0.914. The van der Waals surface area contributed by atoms with Crippen molar-refractivity contribution in [3.63, 3.8) is 0 Å². The van der Waals surface area contributed by atoms with Crippen molar-refractivity contribution in [2.24, 2.45) is 0 Å². The highest BCUT2D eigenvalue weighted by atomic mass is 16.4. The van der Waals surface area contributed by atoms with E-state index in [1.807, 2.05) is 0 Å². The number of carboxylic acids is 1. The molecule has 0 aromatic carbocycles. The van der Waals surface area contributed by atoms with Crippen LogP contribution in [-0.2, 0) is 4.79 Å². The van der Waals surface area contributed by atoms with E-state index in [0.29, 0.717) is 0 Å². The van der Waals surface area contributed by atoms with Gasteiger partial charge >= 0.3 is 5.97 Å². The van der Waals surface area contributed by atoms with Gasteiger partial charge in [0.05, 0.1) is 11.8 Å². The molecule has 6 heteroatoms. The van der Waals surface area contributed by atoms with Crippen molar-refractivity contribution in [1.82, 2.24) is 10.3 Å². The molecule has 80 valence electrons. The summed E-state index contributed by atoms with van der Waals surface area (Å²) >= 11 is 0. The summed E-state index contributed by atoms with van der Waals surface area (Å²) < 4.78 is 0. The predicted molar refractivity (Wildman–Crippen MR) is 50.5 cm³/mol. The standard InChI is InChI=1S/C9H10N2O4/c1-5(9(14)15)11-8(13)6-2-3-10-4-7(6)12/h2-5,12H,1H3,(H,11,13)(H,14,15). The highest BCUT2D eigenvalue weighted by Crippen LogP contribution is 2.13. The molecule has 0 aliphatic heterocycles. The highest BCUT2D eigenvalue weighted by Gasteiger charge is 2.17. The van der Waals surface area contributed by atoms with Crippen molar-refractivity contribution >= 4 is 11.9 Å². The first kappa shape index (κ1) is 11.0. The summed E-state index contributed by atoms with van der Waals surface area (Å²) in [4.78, 5) is 25.5. The van der Waals surface area contributed by atoms with Gasteiger partial charge in [-0.15, -0.1) is 0 Å². The molecular formula is C9H10N2O4. The van der Waals surface area contributed by atoms with Crippen LogP contribution < -0.4 is 5.32 Å². The van der Waals surface area contributed by atoms with Gasteiger partial charge in [0, 0.05) is 6.20 Å². The van der Waals surface area contributed by atoms with E-state index in [1.54, 1.807) is 0 Å². The highest BCUT2D eigenvalue weighted by molar-refractivity contribution is 5.98. The van der Waals surface area contributed by atoms with Gasteiger partial charge in [-0.2, -0.15) is 0 Å². The minimum Gasteiger partial charge on any atom is -0.505 e. The minimum atomic E-state index is -1.14. The molecule has 0 saturated carbocycles. The van der Waals surface area contributed by atoms with Crippen molar-refractivity contribution in [2.75, 3.05) is 0 Å². The van der Waals surface area contributed by atoms with Crippen LogP contribution in [-0.4, -0.2) is 33.1 Å². The largest absolute Gasteiger partial charge is 0.505 e. The topological polar surface area (TPSA) is 99.5 Å². The zero-order valence-corrected chi connectivity index (χ0v) is 7.97. The van der Waals surface area contributed by atoms with Crippen LogP contribution in [0.5, 0.6) is 5.75 Å². The average molecular weight is 210 g/mol. The predicted octanol–water partition coefficient (Wildman–Crippen LogP) is -0.00990. The summed E-state index contributed by atoms with van der Waals surface area (Å²) in [5.74, 6) is -2.07. The number of pyridine rings is 1. The molecule has 1 aromatic heterocycles. The van der Waals surface area contributed by atoms with Crippen LogP contribution in [0.15, 0.2) is 18.5 Å². The summed E-state index contributed by atoms with van der Waals surface area (Å²) in [6, 6.07) is 0.296. The normalized spacial score (nSPS) is 11.8. The molecule has 0 spiro atoms. The van der Waals surface area contributed by atoms with Crippen molar-refractivity contribution in [2.45, 2.75) is 13.0 Å². The molecule has 1 atom stereocenters. The second-order valence-electron chi connectivity index (χ2n) is 2.93. The number of nitrogens with zero attached hydrogens (tertiary/aromatic N) is 1. The Kier molecular flexibility index (Phi) is 3.22. The Labute approximate surface area is 85.6 Å². The van der Waals surface area contributed by atoms with Gasteiger partial charge in [-0.1, -0.05) is 0 Å². The molecule has 1 amide bonds. The third kappa shape index (κ3) is 2.67. The molecule has 1 heterocycles. The number of carbonyl (C=O) groups is 2. The van der Waals surface area contributed by atoms with Crippen LogP contribution in [0.4, 0.5) is 0 Å². The molecule has 0 saturated heterocycles. The van der Waals surface area contributed by atoms with E-state index < -0.39 is 17.9 Å². The second-order valence-corrected chi connectivity index (χ2v) is 2.93. The first-order valence-corrected chi connectivity index (χ1v) is 4.19. The SMILES string of the molecule is CC(NC(=O)c1ccncc1O)C(=O)O. The van der Waals surface area contributed by atoms with E-state index >= 15 is 0 Å². The molecule has 1 unspecified atom stereocenters. The zero-order chi connectivity index (χ0) is 11.4. The summed E-state index contributed by atoms with van der Waals surface area (Å²) in [5.41, 5.74) is -0.00176. The van der Waals surface area contributed by atoms with Gasteiger partial charge in [0.15, 0.2) is 0 Å². The van der Waals surface area contributed by atoms with Crippen LogP contribution in [0.2, 0.25) is 0 Å². The Hall–Kier alpha value is -2.11. The second kappa shape index (κ2) is 4.41. The molecule has 0 fully saturated rings. The quantitative estimate of drug-likeness (QED) is 0.651. The third-order valence-electron chi connectivity index (χ3n) is 1.76. The van der Waals surface area contributed by atoms with Crippen molar-refractivity contribution in [1.29, 1.82) is 0 Å². The number of hydrogen-bond donors (Lipinski definition) is 3. The third-order valence-corrected chi connectivity index (χ3v) is 1.76. The molecule has 0 aliphatic carbocycles. The van der Waals surface area contributed by atoms with E-state index in [9.17, 15) is 14.7 Å². The van der Waals surface area contributed by atoms with Crippen molar-refractivity contribution in [3.05, 3.63) is 24.0 Å². The minimum absolute atomic E-state index is 0.00176. The van der Waals surface area contributed by atoms with Crippen LogP contribution in [0.1, 0.15) is 17.3 Å². The van der Waals surface area contributed by atoms with Gasteiger partial charge in [0.2, 0.25) is 0 Å². The average Bonchev–Trinajstić information content (AvgIpc) is 2.18. The number of aliphatic carboxylic acids is 1. The summed E-state index contributed by atoms with van der Waals surface area (Å²) in [5, 5.41) is 20.0. The van der Waals surface area contributed by atoms with Crippen molar-refractivity contribution in [3.8, 4) is 5.75 Å². The lowest BCUT2D eigenvalue weighted by Gasteiger charge is -2.09. The number of carboxylic acid groups (broad SMARTS) is 1. The molecule has 0 bridgehead atoms. The number of nitrogens with one attached hydrogen (secondary N) is 1. The first-order valence-electron chi connectivity index (χ1n) is 4.19. The molecule has 0 aliphatic rings. The fraction of sp³-hybridized carbons (Fsp3) is 0.222. The van der Waals surface area contributed by atoms with Crippen LogP contribution in [0, 0.1) is 0 Å². The monoisotopic (exact) mass is 210 g/mol. The number of aromatic nitrogens is 1. The van der Waals surface area contributed by atoms with Gasteiger partial charge in [0.1, 0.15) is 11.8 Å². The molecule has 15 heavy (non-hydrogen) atoms. The van der Waals surface area contributed by atoms with E-state index in [-0.39, 0.29) is 11.3 Å². The lowest BCUT2D eigenvalue weighted by molar-refractivity contribution is -0.138. The molecule has 6 nitrogen and oxygen atoms in total. The lowest BCUT2D eigenvalue weighted by atomic mass is 10.2. The summed E-state index contributed by atoms with van der Waals surface area (Å²) in [7, 11) is 0. The molecule has 3 N–H and O–H groups in total. The van der Waals surface area contributed by atoms with Gasteiger partial charge in [-0.3, -0.25) is 14.6 Å². The number of rotatable bonds is 3. The van der Waals surface area contributed by atoms with Gasteiger partial charge in [-0.25, -0.2) is 0 Å². The molecule has 1 rings (SSSR count). The number of amides is 1. The van der Waals surface area contributed by atoms with Gasteiger partial charge in [-0.05, 0) is 13.0 Å². The number of hydrogen-bond acceptors (Lipinski definition) is 4. The first-order chi connectivity index (χ1) is 7.02. The van der Waals surface area contributed by atoms with Crippen LogP contribution >= 0.6 is 0 Å². The van der Waals surface area contributed by atoms with E-state index in [1.165, 1.54) is 19.2 Å². The Morgan fingerprint density at radius 2 is 2.20 bits per heavy atom. The Balaban J connectivity index is 2.78. The van der Waals surface area contributed by atoms with E-state index in [0.717, 1.165) is 6.20 Å². The van der Waals surface area contributed by atoms with E-state index in [4.69, 9.17) is 5.11 Å². The summed E-state index contributed by atoms with van der Waals surface area (Å²) in [6.07, 6.45) is 2.44. The molecular weight excluding hydrogens is 200 g/mol. The smallest absolute Gasteiger partial charge is 0.325 e. The maximum atomic E-state index is 11.4.